The number of hydrogen-bond acceptors (Lipinski definition) is 2. The fraction of sp³-hybridized carbons (Fsp3) is 0.0769. The first-order valence-corrected chi connectivity index (χ1v) is 5.79. The minimum atomic E-state index is -1.15. The van der Waals surface area contributed by atoms with E-state index in [4.69, 9.17) is 16.7 Å². The third-order valence-corrected chi connectivity index (χ3v) is 2.86. The van der Waals surface area contributed by atoms with Crippen LogP contribution in [0, 0.1) is 0 Å². The van der Waals surface area contributed by atoms with Gasteiger partial charge < -0.3 is 15.4 Å². The summed E-state index contributed by atoms with van der Waals surface area (Å²) in [6.07, 6.45) is 0. The minimum Gasteiger partial charge on any atom is -0.478 e. The average molecular weight is 279 g/mol. The van der Waals surface area contributed by atoms with E-state index in [-0.39, 0.29) is 11.5 Å². The summed E-state index contributed by atoms with van der Waals surface area (Å²) in [5.74, 6) is -1.16. The fourth-order valence-electron chi connectivity index (χ4n) is 1.86. The molecule has 0 unspecified atom stereocenters. The predicted molar refractivity (Wildman–Crippen MR) is 74.3 cm³/mol. The Morgan fingerprint density at radius 3 is 2.68 bits per heavy atom. The molecule has 98 valence electrons. The number of H-pyrrole nitrogens is 1. The summed E-state index contributed by atoms with van der Waals surface area (Å²) in [6.45, 7) is 4.87. The molecule has 0 aliphatic carbocycles. The lowest BCUT2D eigenvalue weighted by molar-refractivity contribution is -0.130. The first kappa shape index (κ1) is 13.2. The van der Waals surface area contributed by atoms with Crippen LogP contribution in [0.15, 0.2) is 24.8 Å². The lowest BCUT2D eigenvalue weighted by Crippen LogP contribution is -2.09. The maximum atomic E-state index is 11.2. The molecule has 0 bridgehead atoms. The van der Waals surface area contributed by atoms with E-state index in [9.17, 15) is 9.59 Å². The van der Waals surface area contributed by atoms with Crippen LogP contribution in [-0.2, 0) is 9.59 Å². The van der Waals surface area contributed by atoms with Crippen molar-refractivity contribution in [3.05, 3.63) is 35.4 Å². The number of rotatable bonds is 3. The van der Waals surface area contributed by atoms with E-state index < -0.39 is 5.97 Å². The highest BCUT2D eigenvalue weighted by molar-refractivity contribution is 6.31. The second-order valence-electron chi connectivity index (χ2n) is 4.03. The van der Waals surface area contributed by atoms with Crippen LogP contribution < -0.4 is 5.32 Å². The largest absolute Gasteiger partial charge is 0.478 e. The summed E-state index contributed by atoms with van der Waals surface area (Å²) < 4.78 is 0. The lowest BCUT2D eigenvalue weighted by Gasteiger charge is -2.04. The van der Waals surface area contributed by atoms with Crippen LogP contribution in [0.25, 0.3) is 16.5 Å². The molecule has 1 aromatic heterocycles. The van der Waals surface area contributed by atoms with E-state index in [0.29, 0.717) is 27.3 Å². The Morgan fingerprint density at radius 1 is 1.42 bits per heavy atom. The van der Waals surface area contributed by atoms with Crippen molar-refractivity contribution in [2.45, 2.75) is 6.92 Å². The maximum Gasteiger partial charge on any atom is 0.335 e. The zero-order chi connectivity index (χ0) is 14.2. The van der Waals surface area contributed by atoms with Gasteiger partial charge in [0.1, 0.15) is 5.82 Å². The number of carboxylic acid groups (broad SMARTS) is 1. The molecule has 19 heavy (non-hydrogen) atoms. The van der Waals surface area contributed by atoms with Crippen LogP contribution in [0.1, 0.15) is 12.5 Å². The van der Waals surface area contributed by atoms with Crippen molar-refractivity contribution >= 4 is 45.8 Å². The first-order valence-electron chi connectivity index (χ1n) is 5.41. The number of aromatic nitrogens is 1. The lowest BCUT2D eigenvalue weighted by atomic mass is 10.1. The summed E-state index contributed by atoms with van der Waals surface area (Å²) in [6, 6.07) is 4.98. The highest BCUT2D eigenvalue weighted by atomic mass is 35.5. The van der Waals surface area contributed by atoms with E-state index >= 15 is 0 Å². The van der Waals surface area contributed by atoms with Crippen molar-refractivity contribution in [3.63, 3.8) is 0 Å². The van der Waals surface area contributed by atoms with Gasteiger partial charge in [-0.1, -0.05) is 24.2 Å². The van der Waals surface area contributed by atoms with Gasteiger partial charge in [0.15, 0.2) is 0 Å². The zero-order valence-corrected chi connectivity index (χ0v) is 10.8. The molecule has 0 radical (unpaired) electrons. The van der Waals surface area contributed by atoms with Crippen LogP contribution >= 0.6 is 11.6 Å². The van der Waals surface area contributed by atoms with Gasteiger partial charge in [0.2, 0.25) is 5.91 Å². The molecule has 2 aromatic rings. The standard InChI is InChI=1S/C13H11ClN2O3/c1-6(13(18)19)11-9-4-3-8(14)5-10(9)16-12(11)15-7(2)17/h3-5,16H,1H2,2H3,(H,15,17)(H,18,19). The van der Waals surface area contributed by atoms with Gasteiger partial charge in [-0.2, -0.15) is 0 Å². The van der Waals surface area contributed by atoms with Gasteiger partial charge in [-0.3, -0.25) is 4.79 Å². The van der Waals surface area contributed by atoms with Crippen LogP contribution in [0.2, 0.25) is 5.02 Å². The van der Waals surface area contributed by atoms with Crippen molar-refractivity contribution < 1.29 is 14.7 Å². The SMILES string of the molecule is C=C(C(=O)O)c1c(NC(C)=O)[nH]c2cc(Cl)ccc12. The molecule has 0 saturated heterocycles. The molecule has 6 heteroatoms. The number of halogens is 1. The number of carbonyl (C=O) groups excluding carboxylic acids is 1. The second-order valence-corrected chi connectivity index (χ2v) is 4.47. The molecular formula is C13H11ClN2O3. The van der Waals surface area contributed by atoms with Crippen LogP contribution in [-0.4, -0.2) is 22.0 Å². The van der Waals surface area contributed by atoms with Gasteiger partial charge >= 0.3 is 5.97 Å². The van der Waals surface area contributed by atoms with Crippen molar-refractivity contribution in [1.82, 2.24) is 4.98 Å². The third kappa shape index (κ3) is 2.46. The summed E-state index contributed by atoms with van der Waals surface area (Å²) in [5.41, 5.74) is 0.889. The third-order valence-electron chi connectivity index (χ3n) is 2.62. The van der Waals surface area contributed by atoms with Gasteiger partial charge in [0.25, 0.3) is 0 Å². The summed E-state index contributed by atoms with van der Waals surface area (Å²) in [4.78, 5) is 25.2. The normalized spacial score (nSPS) is 10.4. The summed E-state index contributed by atoms with van der Waals surface area (Å²) >= 11 is 5.88. The molecule has 2 rings (SSSR count). The molecule has 5 nitrogen and oxygen atoms in total. The number of hydrogen-bond donors (Lipinski definition) is 3. The number of aromatic amines is 1. The predicted octanol–water partition coefficient (Wildman–Crippen LogP) is 2.88. The van der Waals surface area contributed by atoms with Crippen molar-refractivity contribution in [2.75, 3.05) is 5.32 Å². The van der Waals surface area contributed by atoms with Crippen molar-refractivity contribution in [1.29, 1.82) is 0 Å². The van der Waals surface area contributed by atoms with E-state index in [0.717, 1.165) is 0 Å². The Kier molecular flexibility index (Phi) is 3.31. The number of anilines is 1. The van der Waals surface area contributed by atoms with Crippen LogP contribution in [0.5, 0.6) is 0 Å². The van der Waals surface area contributed by atoms with Gasteiger partial charge in [0.05, 0.1) is 5.57 Å². The number of nitrogens with one attached hydrogen (secondary N) is 2. The Labute approximate surface area is 113 Å². The molecule has 1 heterocycles. The Hall–Kier alpha value is -2.27. The molecule has 0 fully saturated rings. The summed E-state index contributed by atoms with van der Waals surface area (Å²) in [5, 5.41) is 12.8. The fourth-order valence-corrected chi connectivity index (χ4v) is 2.03. The molecule has 3 N–H and O–H groups in total. The Bertz CT molecular complexity index is 703. The molecule has 1 amide bonds. The van der Waals surface area contributed by atoms with E-state index in [1.807, 2.05) is 0 Å². The van der Waals surface area contributed by atoms with Crippen LogP contribution in [0.4, 0.5) is 5.82 Å². The van der Waals surface area contributed by atoms with Crippen molar-refractivity contribution in [3.8, 4) is 0 Å². The molecular weight excluding hydrogens is 268 g/mol. The molecule has 0 spiro atoms. The topological polar surface area (TPSA) is 82.2 Å². The number of amides is 1. The molecule has 1 aromatic carbocycles. The molecule has 0 saturated carbocycles. The molecule has 0 aliphatic rings. The minimum absolute atomic E-state index is 0.0997. The highest BCUT2D eigenvalue weighted by Gasteiger charge is 2.19. The quantitative estimate of drug-likeness (QED) is 0.755. The summed E-state index contributed by atoms with van der Waals surface area (Å²) in [7, 11) is 0. The van der Waals surface area contributed by atoms with Gasteiger partial charge in [-0.15, -0.1) is 0 Å². The van der Waals surface area contributed by atoms with Crippen LogP contribution in [0.3, 0.4) is 0 Å². The molecule has 0 aliphatic heterocycles. The van der Waals surface area contributed by atoms with E-state index in [1.54, 1.807) is 18.2 Å². The number of fused-ring (bicyclic) bond motifs is 1. The number of aliphatic carboxylic acids is 1. The monoisotopic (exact) mass is 278 g/mol. The van der Waals surface area contributed by atoms with E-state index in [1.165, 1.54) is 6.92 Å². The molecule has 0 atom stereocenters. The smallest absolute Gasteiger partial charge is 0.335 e. The zero-order valence-electron chi connectivity index (χ0n) is 10.1. The second kappa shape index (κ2) is 4.78. The highest BCUT2D eigenvalue weighted by Crippen LogP contribution is 2.33. The first-order chi connectivity index (χ1) is 8.90. The van der Waals surface area contributed by atoms with Gasteiger partial charge in [0, 0.05) is 28.4 Å². The Balaban J connectivity index is 2.71. The maximum absolute atomic E-state index is 11.2. The number of carboxylic acids is 1. The van der Waals surface area contributed by atoms with E-state index in [2.05, 4.69) is 16.9 Å². The average Bonchev–Trinajstić information content (AvgIpc) is 2.63. The van der Waals surface area contributed by atoms with Crippen molar-refractivity contribution in [2.24, 2.45) is 0 Å². The number of benzene rings is 1. The number of carbonyl (C=O) groups is 2. The van der Waals surface area contributed by atoms with Gasteiger partial charge in [-0.25, -0.2) is 4.79 Å². The Morgan fingerprint density at radius 2 is 2.11 bits per heavy atom. The van der Waals surface area contributed by atoms with Gasteiger partial charge in [-0.05, 0) is 12.1 Å².